The third kappa shape index (κ3) is 2.67. The number of carbonyl (C=O) groups is 1. The van der Waals surface area contributed by atoms with Crippen molar-refractivity contribution in [1.29, 1.82) is 0 Å². The van der Waals surface area contributed by atoms with E-state index in [1.807, 2.05) is 38.1 Å². The summed E-state index contributed by atoms with van der Waals surface area (Å²) < 4.78 is 0. The van der Waals surface area contributed by atoms with Gasteiger partial charge in [-0.25, -0.2) is 0 Å². The maximum absolute atomic E-state index is 11.6. The summed E-state index contributed by atoms with van der Waals surface area (Å²) in [7, 11) is 0. The molecule has 0 aliphatic heterocycles. The highest BCUT2D eigenvalue weighted by molar-refractivity contribution is 5.97. The first kappa shape index (κ1) is 10.9. The molecule has 0 spiro atoms. The normalized spacial score (nSPS) is 10.6. The Bertz CT molecular complexity index is 301. The third-order valence-electron chi connectivity index (χ3n) is 2.20. The first-order valence-electron chi connectivity index (χ1n) is 4.98. The quantitative estimate of drug-likeness (QED) is 0.740. The fourth-order valence-corrected chi connectivity index (χ4v) is 1.34. The lowest BCUT2D eigenvalue weighted by Gasteiger charge is -2.05. The first-order chi connectivity index (χ1) is 6.65. The van der Waals surface area contributed by atoms with Gasteiger partial charge in [0.2, 0.25) is 0 Å². The van der Waals surface area contributed by atoms with E-state index in [1.54, 1.807) is 0 Å². The van der Waals surface area contributed by atoms with Crippen molar-refractivity contribution >= 4 is 5.78 Å². The van der Waals surface area contributed by atoms with Crippen LogP contribution in [0.15, 0.2) is 24.3 Å². The SMILES string of the molecule is CC(C)C(=O)c1ccc(CCN)cc1. The molecule has 76 valence electrons. The van der Waals surface area contributed by atoms with Crippen LogP contribution in [0.5, 0.6) is 0 Å². The molecule has 0 saturated heterocycles. The molecule has 0 aliphatic carbocycles. The van der Waals surface area contributed by atoms with Crippen LogP contribution in [0.4, 0.5) is 0 Å². The number of nitrogens with two attached hydrogens (primary N) is 1. The van der Waals surface area contributed by atoms with Gasteiger partial charge in [-0.05, 0) is 18.5 Å². The molecule has 2 N–H and O–H groups in total. The van der Waals surface area contributed by atoms with Gasteiger partial charge >= 0.3 is 0 Å². The highest BCUT2D eigenvalue weighted by Gasteiger charge is 2.09. The van der Waals surface area contributed by atoms with E-state index >= 15 is 0 Å². The molecular formula is C12H17NO. The fraction of sp³-hybridized carbons (Fsp3) is 0.417. The molecule has 1 aromatic carbocycles. The number of hydrogen-bond donors (Lipinski definition) is 1. The number of hydrogen-bond acceptors (Lipinski definition) is 2. The number of Topliss-reactive ketones (excluding diaryl/α,β-unsaturated/α-hetero) is 1. The van der Waals surface area contributed by atoms with Crippen molar-refractivity contribution in [2.75, 3.05) is 6.54 Å². The molecule has 0 radical (unpaired) electrons. The smallest absolute Gasteiger partial charge is 0.165 e. The number of rotatable bonds is 4. The van der Waals surface area contributed by atoms with Crippen LogP contribution in [0.25, 0.3) is 0 Å². The van der Waals surface area contributed by atoms with Gasteiger partial charge in [-0.2, -0.15) is 0 Å². The molecule has 14 heavy (non-hydrogen) atoms. The Labute approximate surface area is 85.1 Å². The molecule has 0 saturated carbocycles. The monoisotopic (exact) mass is 191 g/mol. The number of carbonyl (C=O) groups excluding carboxylic acids is 1. The predicted octanol–water partition coefficient (Wildman–Crippen LogP) is 2.03. The largest absolute Gasteiger partial charge is 0.330 e. The zero-order valence-electron chi connectivity index (χ0n) is 8.79. The van der Waals surface area contributed by atoms with Gasteiger partial charge in [0.1, 0.15) is 0 Å². The van der Waals surface area contributed by atoms with E-state index in [0.29, 0.717) is 6.54 Å². The minimum atomic E-state index is 0.0651. The van der Waals surface area contributed by atoms with Gasteiger partial charge in [-0.1, -0.05) is 38.1 Å². The maximum atomic E-state index is 11.6. The average molecular weight is 191 g/mol. The van der Waals surface area contributed by atoms with Crippen LogP contribution in [0.2, 0.25) is 0 Å². The van der Waals surface area contributed by atoms with Gasteiger partial charge in [0.05, 0.1) is 0 Å². The second-order valence-electron chi connectivity index (χ2n) is 3.75. The summed E-state index contributed by atoms with van der Waals surface area (Å²) in [6.07, 6.45) is 0.871. The molecule has 0 bridgehead atoms. The van der Waals surface area contributed by atoms with Crippen molar-refractivity contribution in [2.24, 2.45) is 11.7 Å². The molecule has 2 nitrogen and oxygen atoms in total. The molecule has 0 amide bonds. The Balaban J connectivity index is 2.78. The second kappa shape index (κ2) is 4.91. The van der Waals surface area contributed by atoms with Crippen LogP contribution in [-0.2, 0) is 6.42 Å². The Morgan fingerprint density at radius 1 is 1.29 bits per heavy atom. The van der Waals surface area contributed by atoms with Crippen LogP contribution in [-0.4, -0.2) is 12.3 Å². The Kier molecular flexibility index (Phi) is 3.84. The topological polar surface area (TPSA) is 43.1 Å². The summed E-state index contributed by atoms with van der Waals surface area (Å²) in [5.41, 5.74) is 7.42. The molecule has 1 rings (SSSR count). The molecule has 0 fully saturated rings. The minimum absolute atomic E-state index is 0.0651. The number of benzene rings is 1. The van der Waals surface area contributed by atoms with Gasteiger partial charge in [-0.3, -0.25) is 4.79 Å². The van der Waals surface area contributed by atoms with E-state index in [9.17, 15) is 4.79 Å². The zero-order valence-corrected chi connectivity index (χ0v) is 8.79. The molecule has 1 aromatic rings. The third-order valence-corrected chi connectivity index (χ3v) is 2.20. The molecule has 0 heterocycles. The van der Waals surface area contributed by atoms with Gasteiger partial charge in [0.25, 0.3) is 0 Å². The van der Waals surface area contributed by atoms with Gasteiger partial charge in [0, 0.05) is 11.5 Å². The Morgan fingerprint density at radius 2 is 1.86 bits per heavy atom. The van der Waals surface area contributed by atoms with E-state index in [2.05, 4.69) is 0 Å². The Hall–Kier alpha value is -1.15. The molecule has 0 unspecified atom stereocenters. The summed E-state index contributed by atoms with van der Waals surface area (Å²) >= 11 is 0. The zero-order chi connectivity index (χ0) is 10.6. The van der Waals surface area contributed by atoms with Crippen molar-refractivity contribution in [1.82, 2.24) is 0 Å². The average Bonchev–Trinajstić information content (AvgIpc) is 2.18. The molecular weight excluding hydrogens is 174 g/mol. The van der Waals surface area contributed by atoms with Crippen molar-refractivity contribution in [3.8, 4) is 0 Å². The van der Waals surface area contributed by atoms with Gasteiger partial charge in [0.15, 0.2) is 5.78 Å². The van der Waals surface area contributed by atoms with E-state index in [4.69, 9.17) is 5.73 Å². The van der Waals surface area contributed by atoms with E-state index in [-0.39, 0.29) is 11.7 Å². The molecule has 0 atom stereocenters. The number of ketones is 1. The highest BCUT2D eigenvalue weighted by Crippen LogP contribution is 2.10. The maximum Gasteiger partial charge on any atom is 0.165 e. The van der Waals surface area contributed by atoms with Crippen molar-refractivity contribution in [2.45, 2.75) is 20.3 Å². The lowest BCUT2D eigenvalue weighted by Crippen LogP contribution is -2.08. The first-order valence-corrected chi connectivity index (χ1v) is 4.98. The fourth-order valence-electron chi connectivity index (χ4n) is 1.34. The standard InChI is InChI=1S/C12H17NO/c1-9(2)12(14)11-5-3-10(4-6-11)7-8-13/h3-6,9H,7-8,13H2,1-2H3. The van der Waals surface area contributed by atoms with Crippen molar-refractivity contribution < 1.29 is 4.79 Å². The van der Waals surface area contributed by atoms with Gasteiger partial charge in [-0.15, -0.1) is 0 Å². The summed E-state index contributed by atoms with van der Waals surface area (Å²) in [5.74, 6) is 0.264. The summed E-state index contributed by atoms with van der Waals surface area (Å²) in [6, 6.07) is 7.71. The second-order valence-corrected chi connectivity index (χ2v) is 3.75. The lowest BCUT2D eigenvalue weighted by atomic mass is 9.99. The predicted molar refractivity (Wildman–Crippen MR) is 58.4 cm³/mol. The lowest BCUT2D eigenvalue weighted by molar-refractivity contribution is 0.0939. The Morgan fingerprint density at radius 3 is 2.29 bits per heavy atom. The van der Waals surface area contributed by atoms with Gasteiger partial charge < -0.3 is 5.73 Å². The van der Waals surface area contributed by atoms with Crippen LogP contribution in [0, 0.1) is 5.92 Å². The van der Waals surface area contributed by atoms with Crippen LogP contribution >= 0.6 is 0 Å². The van der Waals surface area contributed by atoms with E-state index in [0.717, 1.165) is 12.0 Å². The van der Waals surface area contributed by atoms with Crippen LogP contribution in [0.1, 0.15) is 29.8 Å². The van der Waals surface area contributed by atoms with Crippen LogP contribution < -0.4 is 5.73 Å². The van der Waals surface area contributed by atoms with Crippen molar-refractivity contribution in [3.05, 3.63) is 35.4 Å². The summed E-state index contributed by atoms with van der Waals surface area (Å²) in [5, 5.41) is 0. The molecule has 2 heteroatoms. The van der Waals surface area contributed by atoms with Crippen LogP contribution in [0.3, 0.4) is 0 Å². The summed E-state index contributed by atoms with van der Waals surface area (Å²) in [6.45, 7) is 4.48. The molecule has 0 aliphatic rings. The summed E-state index contributed by atoms with van der Waals surface area (Å²) in [4.78, 5) is 11.6. The van der Waals surface area contributed by atoms with E-state index in [1.165, 1.54) is 5.56 Å². The minimum Gasteiger partial charge on any atom is -0.330 e. The highest BCUT2D eigenvalue weighted by atomic mass is 16.1. The van der Waals surface area contributed by atoms with Crippen molar-refractivity contribution in [3.63, 3.8) is 0 Å². The molecule has 0 aromatic heterocycles. The van der Waals surface area contributed by atoms with E-state index < -0.39 is 0 Å².